The lowest BCUT2D eigenvalue weighted by atomic mass is 9.44. The first-order chi connectivity index (χ1) is 5.53. The van der Waals surface area contributed by atoms with Gasteiger partial charge in [0.1, 0.15) is 0 Å². The van der Waals surface area contributed by atoms with Crippen molar-refractivity contribution in [2.45, 2.75) is 47.0 Å². The van der Waals surface area contributed by atoms with Crippen LogP contribution in [-0.2, 0) is 0 Å². The maximum Gasteiger partial charge on any atom is -0.0295 e. The Hall–Kier alpha value is 0. The second kappa shape index (κ2) is 2.49. The zero-order valence-electron chi connectivity index (χ0n) is 8.93. The Labute approximate surface area is 76.7 Å². The van der Waals surface area contributed by atoms with Crippen molar-refractivity contribution in [3.63, 3.8) is 0 Å². The molecule has 3 aliphatic carbocycles. The van der Waals surface area contributed by atoms with Crippen molar-refractivity contribution in [1.82, 2.24) is 0 Å². The fourth-order valence-electron chi connectivity index (χ4n) is 3.67. The van der Waals surface area contributed by atoms with E-state index >= 15 is 0 Å². The van der Waals surface area contributed by atoms with Gasteiger partial charge in [-0.25, -0.2) is 0 Å². The van der Waals surface area contributed by atoms with Crippen LogP contribution in [0.4, 0.5) is 0 Å². The largest absolute Gasteiger partial charge is 0.0625 e. The van der Waals surface area contributed by atoms with E-state index in [0.717, 1.165) is 23.7 Å². The van der Waals surface area contributed by atoms with E-state index in [1.54, 1.807) is 0 Å². The molecule has 70 valence electrons. The molecule has 0 aromatic carbocycles. The molecule has 3 fully saturated rings. The highest BCUT2D eigenvalue weighted by atomic mass is 14.6. The van der Waals surface area contributed by atoms with Crippen molar-refractivity contribution in [3.05, 3.63) is 0 Å². The van der Waals surface area contributed by atoms with Gasteiger partial charge in [0.2, 0.25) is 0 Å². The Morgan fingerprint density at radius 2 is 1.83 bits per heavy atom. The van der Waals surface area contributed by atoms with E-state index in [4.69, 9.17) is 0 Å². The normalized spacial score (nSPS) is 44.2. The van der Waals surface area contributed by atoms with E-state index < -0.39 is 0 Å². The standard InChI is InChI=1S/C12H22/c1-8(2)10-6-5-9-7-11(10)12(9,3)4/h8-11H,5-7H2,1-4H3/t9-,10+,11-/m0/s1. The molecule has 0 aliphatic heterocycles. The molecule has 0 aromatic rings. The molecule has 3 saturated carbocycles. The Bertz CT molecular complexity index is 174. The summed E-state index contributed by atoms with van der Waals surface area (Å²) in [5.41, 5.74) is 0.688. The smallest absolute Gasteiger partial charge is 0.0295 e. The maximum atomic E-state index is 2.49. The quantitative estimate of drug-likeness (QED) is 0.557. The van der Waals surface area contributed by atoms with E-state index in [1.807, 2.05) is 0 Å². The summed E-state index contributed by atoms with van der Waals surface area (Å²) in [6.45, 7) is 9.78. The van der Waals surface area contributed by atoms with E-state index in [2.05, 4.69) is 27.7 Å². The van der Waals surface area contributed by atoms with Crippen molar-refractivity contribution in [1.29, 1.82) is 0 Å². The summed E-state index contributed by atoms with van der Waals surface area (Å²) < 4.78 is 0. The van der Waals surface area contributed by atoms with E-state index in [0.29, 0.717) is 5.41 Å². The summed E-state index contributed by atoms with van der Waals surface area (Å²) in [5, 5.41) is 0. The van der Waals surface area contributed by atoms with Gasteiger partial charge in [-0.05, 0) is 48.3 Å². The molecule has 0 aromatic heterocycles. The highest BCUT2D eigenvalue weighted by Gasteiger charge is 2.54. The van der Waals surface area contributed by atoms with Gasteiger partial charge in [0, 0.05) is 0 Å². The molecule has 3 rings (SSSR count). The van der Waals surface area contributed by atoms with Gasteiger partial charge in [0.25, 0.3) is 0 Å². The van der Waals surface area contributed by atoms with E-state index in [-0.39, 0.29) is 0 Å². The minimum atomic E-state index is 0.688. The second-order valence-electron chi connectivity index (χ2n) is 5.85. The molecule has 3 atom stereocenters. The van der Waals surface area contributed by atoms with Gasteiger partial charge in [0.05, 0.1) is 0 Å². The average Bonchev–Trinajstić information content (AvgIpc) is 2.04. The summed E-state index contributed by atoms with van der Waals surface area (Å²) in [7, 11) is 0. The number of hydrogen-bond donors (Lipinski definition) is 0. The minimum absolute atomic E-state index is 0.688. The Balaban J connectivity index is 2.11. The fourth-order valence-corrected chi connectivity index (χ4v) is 3.67. The third-order valence-electron chi connectivity index (χ3n) is 4.77. The molecular weight excluding hydrogens is 144 g/mol. The highest BCUT2D eigenvalue weighted by molar-refractivity contribution is 5.03. The summed E-state index contributed by atoms with van der Waals surface area (Å²) in [5.74, 6) is 4.06. The monoisotopic (exact) mass is 166 g/mol. The molecule has 0 N–H and O–H groups in total. The van der Waals surface area contributed by atoms with Crippen molar-refractivity contribution >= 4 is 0 Å². The van der Waals surface area contributed by atoms with Crippen molar-refractivity contribution in [2.24, 2.45) is 29.1 Å². The maximum absolute atomic E-state index is 2.49. The predicted octanol–water partition coefficient (Wildman–Crippen LogP) is 3.71. The molecule has 2 bridgehead atoms. The van der Waals surface area contributed by atoms with E-state index in [9.17, 15) is 0 Å². The molecule has 0 heteroatoms. The van der Waals surface area contributed by atoms with Crippen LogP contribution >= 0.6 is 0 Å². The first-order valence-electron chi connectivity index (χ1n) is 5.53. The molecule has 3 aliphatic rings. The fraction of sp³-hybridized carbons (Fsp3) is 1.00. The van der Waals surface area contributed by atoms with Crippen LogP contribution < -0.4 is 0 Å². The van der Waals surface area contributed by atoms with Crippen LogP contribution in [-0.4, -0.2) is 0 Å². The van der Waals surface area contributed by atoms with Gasteiger partial charge >= 0.3 is 0 Å². The first-order valence-corrected chi connectivity index (χ1v) is 5.53. The molecule has 12 heavy (non-hydrogen) atoms. The van der Waals surface area contributed by atoms with Crippen LogP contribution in [0.3, 0.4) is 0 Å². The lowest BCUT2D eigenvalue weighted by molar-refractivity contribution is -0.117. The third kappa shape index (κ3) is 0.963. The SMILES string of the molecule is CC(C)[C@H]1CC[C@H]2C[C@@H]1C2(C)C. The number of fused-ring (bicyclic) bond motifs is 2. The Morgan fingerprint density at radius 3 is 2.17 bits per heavy atom. The van der Waals surface area contributed by atoms with Gasteiger partial charge in [0.15, 0.2) is 0 Å². The summed E-state index contributed by atoms with van der Waals surface area (Å²) in [6.07, 6.45) is 4.55. The van der Waals surface area contributed by atoms with Gasteiger partial charge in [-0.15, -0.1) is 0 Å². The Morgan fingerprint density at radius 1 is 1.17 bits per heavy atom. The summed E-state index contributed by atoms with van der Waals surface area (Å²) in [6, 6.07) is 0. The Kier molecular flexibility index (Phi) is 1.79. The van der Waals surface area contributed by atoms with Crippen LogP contribution in [0.25, 0.3) is 0 Å². The van der Waals surface area contributed by atoms with Crippen LogP contribution in [0.2, 0.25) is 0 Å². The van der Waals surface area contributed by atoms with Crippen molar-refractivity contribution < 1.29 is 0 Å². The number of rotatable bonds is 1. The van der Waals surface area contributed by atoms with Crippen LogP contribution in [0.1, 0.15) is 47.0 Å². The third-order valence-corrected chi connectivity index (χ3v) is 4.77. The number of hydrogen-bond acceptors (Lipinski definition) is 0. The summed E-state index contributed by atoms with van der Waals surface area (Å²) in [4.78, 5) is 0. The van der Waals surface area contributed by atoms with Gasteiger partial charge in [-0.2, -0.15) is 0 Å². The lowest BCUT2D eigenvalue weighted by Gasteiger charge is -2.61. The van der Waals surface area contributed by atoms with Crippen LogP contribution in [0, 0.1) is 29.1 Å². The highest BCUT2D eigenvalue weighted by Crippen LogP contribution is 2.62. The van der Waals surface area contributed by atoms with Crippen molar-refractivity contribution in [2.75, 3.05) is 0 Å². The lowest BCUT2D eigenvalue weighted by Crippen LogP contribution is -2.53. The second-order valence-corrected chi connectivity index (χ2v) is 5.85. The molecule has 0 unspecified atom stereocenters. The van der Waals surface area contributed by atoms with Gasteiger partial charge in [-0.1, -0.05) is 27.7 Å². The molecule has 0 spiro atoms. The van der Waals surface area contributed by atoms with E-state index in [1.165, 1.54) is 19.3 Å². The molecule has 0 nitrogen and oxygen atoms in total. The van der Waals surface area contributed by atoms with Crippen LogP contribution in [0.15, 0.2) is 0 Å². The molecule has 0 saturated heterocycles. The van der Waals surface area contributed by atoms with Crippen LogP contribution in [0.5, 0.6) is 0 Å². The molecule has 0 heterocycles. The van der Waals surface area contributed by atoms with Gasteiger partial charge < -0.3 is 0 Å². The predicted molar refractivity (Wildman–Crippen MR) is 52.9 cm³/mol. The van der Waals surface area contributed by atoms with Gasteiger partial charge in [-0.3, -0.25) is 0 Å². The molecule has 0 amide bonds. The minimum Gasteiger partial charge on any atom is -0.0625 e. The zero-order valence-corrected chi connectivity index (χ0v) is 8.93. The molecular formula is C12H22. The van der Waals surface area contributed by atoms with Crippen molar-refractivity contribution in [3.8, 4) is 0 Å². The zero-order chi connectivity index (χ0) is 8.93. The average molecular weight is 166 g/mol. The summed E-state index contributed by atoms with van der Waals surface area (Å²) >= 11 is 0. The first kappa shape index (κ1) is 8.59. The molecule has 0 radical (unpaired) electrons. The topological polar surface area (TPSA) is 0 Å².